The first-order valence-corrected chi connectivity index (χ1v) is 9.55. The number of aliphatic carboxylic acids is 1. The molecule has 2 aromatic rings. The van der Waals surface area contributed by atoms with Crippen LogP contribution in [0, 0.1) is 0 Å². The molecule has 0 fully saturated rings. The fourth-order valence-electron chi connectivity index (χ4n) is 2.80. The maximum Gasteiger partial charge on any atom is 0.326 e. The van der Waals surface area contributed by atoms with Crippen LogP contribution < -0.4 is 10.6 Å². The van der Waals surface area contributed by atoms with Crippen molar-refractivity contribution in [2.24, 2.45) is 0 Å². The van der Waals surface area contributed by atoms with Crippen LogP contribution in [-0.2, 0) is 9.59 Å². The van der Waals surface area contributed by atoms with Crippen molar-refractivity contribution in [1.29, 1.82) is 0 Å². The van der Waals surface area contributed by atoms with E-state index in [1.165, 1.54) is 0 Å². The Kier molecular flexibility index (Phi) is 8.31. The second kappa shape index (κ2) is 10.9. The Hall–Kier alpha value is -3.45. The number of amides is 2. The number of aliphatic hydroxyl groups excluding tert-OH is 1. The van der Waals surface area contributed by atoms with Crippen LogP contribution in [-0.4, -0.2) is 40.1 Å². The van der Waals surface area contributed by atoms with Crippen LogP contribution in [0.5, 0.6) is 0 Å². The summed E-state index contributed by atoms with van der Waals surface area (Å²) in [6.07, 6.45) is 0.0911. The number of carboxylic acid groups (broad SMARTS) is 1. The Balaban J connectivity index is 2.22. The molecular weight excluding hydrogens is 384 g/mol. The zero-order valence-corrected chi connectivity index (χ0v) is 16.9. The van der Waals surface area contributed by atoms with E-state index in [1.54, 1.807) is 66.7 Å². The van der Waals surface area contributed by atoms with E-state index in [0.717, 1.165) is 5.57 Å². The first-order chi connectivity index (χ1) is 14.3. The van der Waals surface area contributed by atoms with Gasteiger partial charge in [0.05, 0.1) is 6.04 Å². The molecule has 0 aliphatic carbocycles. The molecule has 0 saturated heterocycles. The quantitative estimate of drug-likeness (QED) is 0.474. The van der Waals surface area contributed by atoms with Crippen molar-refractivity contribution in [3.8, 4) is 0 Å². The topological polar surface area (TPSA) is 116 Å². The van der Waals surface area contributed by atoms with Gasteiger partial charge in [0.1, 0.15) is 6.04 Å². The first kappa shape index (κ1) is 22.8. The third-order valence-corrected chi connectivity index (χ3v) is 4.44. The van der Waals surface area contributed by atoms with Crippen LogP contribution in [0.1, 0.15) is 42.2 Å². The minimum Gasteiger partial charge on any atom is -0.480 e. The molecule has 0 aliphatic heterocycles. The van der Waals surface area contributed by atoms with Crippen LogP contribution in [0.15, 0.2) is 72.3 Å². The van der Waals surface area contributed by atoms with E-state index in [9.17, 15) is 24.6 Å². The fourth-order valence-corrected chi connectivity index (χ4v) is 2.80. The van der Waals surface area contributed by atoms with Gasteiger partial charge in [-0.15, -0.1) is 0 Å². The Morgan fingerprint density at radius 2 is 1.50 bits per heavy atom. The largest absolute Gasteiger partial charge is 0.480 e. The summed E-state index contributed by atoms with van der Waals surface area (Å²) in [7, 11) is 0. The van der Waals surface area contributed by atoms with E-state index >= 15 is 0 Å². The second-order valence-electron chi connectivity index (χ2n) is 7.09. The maximum atomic E-state index is 12.6. The minimum atomic E-state index is -1.69. The number of rotatable bonds is 9. The molecule has 2 rings (SSSR count). The van der Waals surface area contributed by atoms with E-state index in [2.05, 4.69) is 10.6 Å². The van der Waals surface area contributed by atoms with Gasteiger partial charge >= 0.3 is 5.97 Å². The number of carbonyl (C=O) groups excluding carboxylic acids is 2. The first-order valence-electron chi connectivity index (χ1n) is 9.55. The number of hydrogen-bond acceptors (Lipinski definition) is 4. The summed E-state index contributed by atoms with van der Waals surface area (Å²) in [6, 6.07) is 14.7. The molecule has 3 atom stereocenters. The number of hydrogen-bond donors (Lipinski definition) is 4. The van der Waals surface area contributed by atoms with Crippen molar-refractivity contribution in [3.63, 3.8) is 0 Å². The Morgan fingerprint density at radius 3 is 2.03 bits per heavy atom. The lowest BCUT2D eigenvalue weighted by Crippen LogP contribution is -2.50. The molecular formula is C23H26N2O5. The zero-order chi connectivity index (χ0) is 22.1. The highest BCUT2D eigenvalue weighted by Gasteiger charge is 2.31. The molecule has 0 aliphatic rings. The van der Waals surface area contributed by atoms with Crippen LogP contribution in [0.2, 0.25) is 0 Å². The second-order valence-corrected chi connectivity index (χ2v) is 7.09. The maximum absolute atomic E-state index is 12.6. The van der Waals surface area contributed by atoms with Crippen LogP contribution in [0.25, 0.3) is 0 Å². The van der Waals surface area contributed by atoms with Gasteiger partial charge in [0.25, 0.3) is 11.8 Å². The molecule has 30 heavy (non-hydrogen) atoms. The van der Waals surface area contributed by atoms with Gasteiger partial charge in [-0.3, -0.25) is 9.59 Å². The lowest BCUT2D eigenvalue weighted by atomic mass is 9.99. The molecule has 0 spiro atoms. The predicted octanol–water partition coefficient (Wildman–Crippen LogP) is 2.44. The number of allylic oxidation sites excluding steroid dienone is 1. The van der Waals surface area contributed by atoms with Gasteiger partial charge in [0, 0.05) is 5.56 Å². The van der Waals surface area contributed by atoms with E-state index in [0.29, 0.717) is 11.1 Å². The monoisotopic (exact) mass is 410 g/mol. The summed E-state index contributed by atoms with van der Waals surface area (Å²) in [5.74, 6) is -2.56. The lowest BCUT2D eigenvalue weighted by molar-refractivity contribution is -0.143. The number of nitrogens with one attached hydrogen (secondary N) is 2. The smallest absolute Gasteiger partial charge is 0.326 e. The number of aliphatic hydroxyl groups is 1. The van der Waals surface area contributed by atoms with Gasteiger partial charge < -0.3 is 20.8 Å². The number of benzene rings is 2. The summed E-state index contributed by atoms with van der Waals surface area (Å²) < 4.78 is 0. The zero-order valence-electron chi connectivity index (χ0n) is 16.9. The Labute approximate surface area is 175 Å². The van der Waals surface area contributed by atoms with E-state index in [-0.39, 0.29) is 6.42 Å². The minimum absolute atomic E-state index is 0.0858. The lowest BCUT2D eigenvalue weighted by Gasteiger charge is -2.25. The molecule has 0 aromatic heterocycles. The predicted molar refractivity (Wildman–Crippen MR) is 113 cm³/mol. The van der Waals surface area contributed by atoms with Crippen molar-refractivity contribution < 1.29 is 24.6 Å². The number of carboxylic acids is 1. The van der Waals surface area contributed by atoms with Crippen LogP contribution in [0.3, 0.4) is 0 Å². The summed E-state index contributed by atoms with van der Waals surface area (Å²) in [5.41, 5.74) is 1.80. The van der Waals surface area contributed by atoms with E-state index in [4.69, 9.17) is 0 Å². The van der Waals surface area contributed by atoms with Crippen molar-refractivity contribution in [2.45, 2.75) is 38.5 Å². The van der Waals surface area contributed by atoms with Gasteiger partial charge in [-0.2, -0.15) is 0 Å². The standard InChI is InChI=1S/C23H26N2O5/c1-15(2)13-14-18(23(29)30)24-22(28)20(26)19(16-9-5-3-6-10-16)25-21(27)17-11-7-4-8-12-17/h3-13,18-20,26H,14H2,1-2H3,(H,24,28)(H,25,27)(H,29,30)/t18-,19-,20+/m0/s1. The molecule has 0 radical (unpaired) electrons. The van der Waals surface area contributed by atoms with E-state index < -0.39 is 36.0 Å². The van der Waals surface area contributed by atoms with E-state index in [1.807, 2.05) is 13.8 Å². The number of carbonyl (C=O) groups is 3. The van der Waals surface area contributed by atoms with Gasteiger partial charge in [-0.05, 0) is 38.0 Å². The molecule has 7 heteroatoms. The molecule has 2 amide bonds. The average Bonchev–Trinajstić information content (AvgIpc) is 2.75. The van der Waals surface area contributed by atoms with Crippen LogP contribution >= 0.6 is 0 Å². The molecule has 0 saturated carbocycles. The summed E-state index contributed by atoms with van der Waals surface area (Å²) in [4.78, 5) is 36.7. The van der Waals surface area contributed by atoms with Crippen molar-refractivity contribution in [3.05, 3.63) is 83.4 Å². The highest BCUT2D eigenvalue weighted by Crippen LogP contribution is 2.18. The molecule has 0 bridgehead atoms. The van der Waals surface area contributed by atoms with Gasteiger partial charge in [0.2, 0.25) is 0 Å². The van der Waals surface area contributed by atoms with Gasteiger partial charge in [-0.25, -0.2) is 4.79 Å². The molecule has 4 N–H and O–H groups in total. The highest BCUT2D eigenvalue weighted by molar-refractivity contribution is 5.95. The summed E-state index contributed by atoms with van der Waals surface area (Å²) in [6.45, 7) is 3.64. The molecule has 0 heterocycles. The molecule has 2 aromatic carbocycles. The average molecular weight is 410 g/mol. The Bertz CT molecular complexity index is 892. The van der Waals surface area contributed by atoms with Crippen molar-refractivity contribution in [2.75, 3.05) is 0 Å². The van der Waals surface area contributed by atoms with Crippen molar-refractivity contribution in [1.82, 2.24) is 10.6 Å². The normalized spacial score (nSPS) is 13.4. The third-order valence-electron chi connectivity index (χ3n) is 4.44. The molecule has 0 unspecified atom stereocenters. The third kappa shape index (κ3) is 6.56. The van der Waals surface area contributed by atoms with Gasteiger partial charge in [0.15, 0.2) is 6.10 Å². The SMILES string of the molecule is CC(C)=CC[C@H](NC(=O)[C@H](O)[C@@H](NC(=O)c1ccccc1)c1ccccc1)C(=O)O. The summed E-state index contributed by atoms with van der Waals surface area (Å²) in [5, 5.41) is 25.1. The van der Waals surface area contributed by atoms with Gasteiger partial charge in [-0.1, -0.05) is 60.2 Å². The fraction of sp³-hybridized carbons (Fsp3) is 0.261. The Morgan fingerprint density at radius 1 is 0.933 bits per heavy atom. The summed E-state index contributed by atoms with van der Waals surface area (Å²) >= 11 is 0. The molecule has 7 nitrogen and oxygen atoms in total. The molecule has 158 valence electrons. The van der Waals surface area contributed by atoms with Crippen molar-refractivity contribution >= 4 is 17.8 Å². The van der Waals surface area contributed by atoms with Crippen LogP contribution in [0.4, 0.5) is 0 Å². The highest BCUT2D eigenvalue weighted by atomic mass is 16.4.